The van der Waals surface area contributed by atoms with E-state index >= 15 is 0 Å². The van der Waals surface area contributed by atoms with Gasteiger partial charge >= 0.3 is 5.97 Å². The molecule has 0 radical (unpaired) electrons. The van der Waals surface area contributed by atoms with Crippen LogP contribution in [0.2, 0.25) is 0 Å². The first-order chi connectivity index (χ1) is 17.4. The van der Waals surface area contributed by atoms with Crippen LogP contribution in [-0.4, -0.2) is 39.5 Å². The third kappa shape index (κ3) is 4.94. The van der Waals surface area contributed by atoms with Crippen LogP contribution in [0.25, 0.3) is 22.5 Å². The standard InChI is InChI=1S/C25H22N6O4S/c1-15(31-24(27)29-30-25(31)36-14-19(32)34-2)22(33)28-23-18(13-26)20(16-9-5-3-6-10-16)21(35-23)17-11-7-4-8-12-17/h3-12,15H,14H2,1-2H3,(H2,27,29)(H,28,33). The molecule has 36 heavy (non-hydrogen) atoms. The van der Waals surface area contributed by atoms with E-state index in [2.05, 4.69) is 26.3 Å². The van der Waals surface area contributed by atoms with Gasteiger partial charge in [0.2, 0.25) is 17.7 Å². The van der Waals surface area contributed by atoms with Crippen molar-refractivity contribution in [3.05, 3.63) is 66.2 Å². The van der Waals surface area contributed by atoms with Gasteiger partial charge in [-0.3, -0.25) is 19.5 Å². The van der Waals surface area contributed by atoms with Gasteiger partial charge in [-0.25, -0.2) is 0 Å². The highest BCUT2D eigenvalue weighted by Gasteiger charge is 2.28. The number of carbonyl (C=O) groups excluding carboxylic acids is 2. The Morgan fingerprint density at radius 2 is 1.78 bits per heavy atom. The maximum absolute atomic E-state index is 13.3. The van der Waals surface area contributed by atoms with E-state index in [0.717, 1.165) is 22.9 Å². The number of aromatic nitrogens is 3. The Kier molecular flexibility index (Phi) is 7.36. The van der Waals surface area contributed by atoms with Crippen molar-refractivity contribution in [1.29, 1.82) is 5.26 Å². The molecule has 0 bridgehead atoms. The van der Waals surface area contributed by atoms with Crippen LogP contribution >= 0.6 is 11.8 Å². The van der Waals surface area contributed by atoms with Crippen LogP contribution in [0.4, 0.5) is 11.8 Å². The Hall–Kier alpha value is -4.56. The van der Waals surface area contributed by atoms with Crippen molar-refractivity contribution in [2.75, 3.05) is 23.9 Å². The van der Waals surface area contributed by atoms with Crippen molar-refractivity contribution in [2.45, 2.75) is 18.1 Å². The molecule has 0 aliphatic rings. The topological polar surface area (TPSA) is 149 Å². The monoisotopic (exact) mass is 502 g/mol. The third-order valence-electron chi connectivity index (χ3n) is 5.36. The van der Waals surface area contributed by atoms with Gasteiger partial charge in [-0.1, -0.05) is 72.4 Å². The smallest absolute Gasteiger partial charge is 0.316 e. The Labute approximate surface area is 211 Å². The Balaban J connectivity index is 1.69. The molecule has 1 amide bonds. The van der Waals surface area contributed by atoms with E-state index in [1.807, 2.05) is 60.7 Å². The number of hydrogen-bond donors (Lipinski definition) is 2. The molecule has 182 valence electrons. The number of hydrogen-bond acceptors (Lipinski definition) is 9. The fraction of sp³-hybridized carbons (Fsp3) is 0.160. The van der Waals surface area contributed by atoms with Crippen LogP contribution in [0.1, 0.15) is 18.5 Å². The van der Waals surface area contributed by atoms with Crippen molar-refractivity contribution >= 4 is 35.5 Å². The zero-order valence-electron chi connectivity index (χ0n) is 19.5. The summed E-state index contributed by atoms with van der Waals surface area (Å²) in [5.41, 5.74) is 8.25. The number of nitrogens with zero attached hydrogens (tertiary/aromatic N) is 4. The van der Waals surface area contributed by atoms with Gasteiger partial charge in [-0.15, -0.1) is 10.2 Å². The number of rotatable bonds is 8. The number of anilines is 2. The average Bonchev–Trinajstić information content (AvgIpc) is 3.47. The number of thioether (sulfide) groups is 1. The molecule has 2 aromatic heterocycles. The third-order valence-corrected chi connectivity index (χ3v) is 6.28. The molecule has 0 aliphatic heterocycles. The minimum absolute atomic E-state index is 0.0000773. The van der Waals surface area contributed by atoms with Crippen molar-refractivity contribution < 1.29 is 18.7 Å². The first-order valence-corrected chi connectivity index (χ1v) is 11.8. The van der Waals surface area contributed by atoms with Gasteiger partial charge in [0.25, 0.3) is 0 Å². The van der Waals surface area contributed by atoms with E-state index in [4.69, 9.17) is 10.2 Å². The number of nitrogen functional groups attached to an aromatic ring is 1. The van der Waals surface area contributed by atoms with E-state index in [1.54, 1.807) is 6.92 Å². The number of amides is 1. The molecule has 10 nitrogen and oxygen atoms in total. The highest BCUT2D eigenvalue weighted by molar-refractivity contribution is 7.99. The summed E-state index contributed by atoms with van der Waals surface area (Å²) in [4.78, 5) is 24.8. The molecule has 0 saturated carbocycles. The molecular weight excluding hydrogens is 480 g/mol. The summed E-state index contributed by atoms with van der Waals surface area (Å²) >= 11 is 1.04. The number of furan rings is 1. The number of nitrogens with two attached hydrogens (primary N) is 1. The summed E-state index contributed by atoms with van der Waals surface area (Å²) in [6.07, 6.45) is 0. The van der Waals surface area contributed by atoms with Crippen LogP contribution < -0.4 is 11.1 Å². The first-order valence-electron chi connectivity index (χ1n) is 10.8. The number of nitrogens with one attached hydrogen (secondary N) is 1. The second kappa shape index (κ2) is 10.8. The average molecular weight is 503 g/mol. The fourth-order valence-corrected chi connectivity index (χ4v) is 4.42. The first kappa shape index (κ1) is 24.6. The zero-order valence-corrected chi connectivity index (χ0v) is 20.3. The van der Waals surface area contributed by atoms with Crippen LogP contribution in [0.3, 0.4) is 0 Å². The molecule has 2 aromatic carbocycles. The lowest BCUT2D eigenvalue weighted by Gasteiger charge is -2.15. The summed E-state index contributed by atoms with van der Waals surface area (Å²) in [5, 5.41) is 20.8. The quantitative estimate of drug-likeness (QED) is 0.268. The van der Waals surface area contributed by atoms with Gasteiger partial charge in [0.05, 0.1) is 12.9 Å². The van der Waals surface area contributed by atoms with E-state index in [1.165, 1.54) is 11.7 Å². The lowest BCUT2D eigenvalue weighted by atomic mass is 9.98. The summed E-state index contributed by atoms with van der Waals surface area (Å²) in [6.45, 7) is 1.60. The van der Waals surface area contributed by atoms with Gasteiger partial charge in [0.15, 0.2) is 5.16 Å². The zero-order chi connectivity index (χ0) is 25.7. The normalized spacial score (nSPS) is 11.5. The van der Waals surface area contributed by atoms with E-state index in [0.29, 0.717) is 11.3 Å². The van der Waals surface area contributed by atoms with E-state index in [9.17, 15) is 14.9 Å². The van der Waals surface area contributed by atoms with Gasteiger partial charge < -0.3 is 14.9 Å². The molecule has 0 fully saturated rings. The largest absolute Gasteiger partial charge is 0.468 e. The Morgan fingerprint density at radius 1 is 1.14 bits per heavy atom. The summed E-state index contributed by atoms with van der Waals surface area (Å²) in [6, 6.07) is 20.0. The van der Waals surface area contributed by atoms with E-state index in [-0.39, 0.29) is 28.3 Å². The molecule has 1 unspecified atom stereocenters. The lowest BCUT2D eigenvalue weighted by Crippen LogP contribution is -2.25. The molecule has 0 aliphatic carbocycles. The molecule has 4 rings (SSSR count). The molecule has 2 heterocycles. The Bertz CT molecular complexity index is 1430. The summed E-state index contributed by atoms with van der Waals surface area (Å²) in [5.74, 6) is -0.519. The molecular formula is C25H22N6O4S. The highest BCUT2D eigenvalue weighted by atomic mass is 32.2. The van der Waals surface area contributed by atoms with Crippen LogP contribution in [-0.2, 0) is 14.3 Å². The van der Waals surface area contributed by atoms with E-state index < -0.39 is 17.9 Å². The molecule has 0 saturated heterocycles. The van der Waals surface area contributed by atoms with Crippen LogP contribution in [0, 0.1) is 11.3 Å². The lowest BCUT2D eigenvalue weighted by molar-refractivity contribution is -0.137. The fourth-order valence-electron chi connectivity index (χ4n) is 3.57. The van der Waals surface area contributed by atoms with Crippen molar-refractivity contribution in [2.24, 2.45) is 0 Å². The van der Waals surface area contributed by atoms with Crippen LogP contribution in [0.15, 0.2) is 70.2 Å². The van der Waals surface area contributed by atoms with Gasteiger partial charge in [0, 0.05) is 11.1 Å². The molecule has 4 aromatic rings. The second-order valence-corrected chi connectivity index (χ2v) is 8.54. The van der Waals surface area contributed by atoms with Gasteiger partial charge in [0.1, 0.15) is 23.4 Å². The summed E-state index contributed by atoms with van der Waals surface area (Å²) < 4.78 is 12.1. The highest BCUT2D eigenvalue weighted by Crippen LogP contribution is 2.41. The number of ether oxygens (including phenoxy) is 1. The SMILES string of the molecule is COC(=O)CSc1nnc(N)n1C(C)C(=O)Nc1oc(-c2ccccc2)c(-c2ccccc2)c1C#N. The predicted octanol–water partition coefficient (Wildman–Crippen LogP) is 4.12. The van der Waals surface area contributed by atoms with Crippen molar-refractivity contribution in [3.8, 4) is 28.5 Å². The number of esters is 1. The van der Waals surface area contributed by atoms with Crippen LogP contribution in [0.5, 0.6) is 0 Å². The van der Waals surface area contributed by atoms with Crippen molar-refractivity contribution in [3.63, 3.8) is 0 Å². The maximum Gasteiger partial charge on any atom is 0.316 e. The van der Waals surface area contributed by atoms with Crippen molar-refractivity contribution in [1.82, 2.24) is 14.8 Å². The number of methoxy groups -OCH3 is 1. The minimum atomic E-state index is -0.878. The molecule has 1 atom stereocenters. The minimum Gasteiger partial charge on any atom is -0.468 e. The summed E-state index contributed by atoms with van der Waals surface area (Å²) in [7, 11) is 1.28. The Morgan fingerprint density at radius 3 is 2.39 bits per heavy atom. The molecule has 3 N–H and O–H groups in total. The number of nitriles is 1. The van der Waals surface area contributed by atoms with Gasteiger partial charge in [-0.2, -0.15) is 5.26 Å². The predicted molar refractivity (Wildman–Crippen MR) is 135 cm³/mol. The number of benzene rings is 2. The second-order valence-electron chi connectivity index (χ2n) is 7.59. The molecule has 11 heteroatoms. The van der Waals surface area contributed by atoms with Gasteiger partial charge in [-0.05, 0) is 12.5 Å². The maximum atomic E-state index is 13.3. The molecule has 0 spiro atoms. The number of carbonyl (C=O) groups is 2.